The van der Waals surface area contributed by atoms with E-state index >= 15 is 0 Å². The van der Waals surface area contributed by atoms with Crippen molar-refractivity contribution in [2.75, 3.05) is 19.6 Å². The van der Waals surface area contributed by atoms with Crippen LogP contribution in [0.2, 0.25) is 0 Å². The van der Waals surface area contributed by atoms with Crippen LogP contribution >= 0.6 is 11.3 Å². The number of rotatable bonds is 20. The summed E-state index contributed by atoms with van der Waals surface area (Å²) in [6.07, 6.45) is 0. The van der Waals surface area contributed by atoms with Gasteiger partial charge in [0.1, 0.15) is 0 Å². The molecule has 20 aromatic carbocycles. The lowest BCUT2D eigenvalue weighted by Gasteiger charge is -2.31. The highest BCUT2D eigenvalue weighted by molar-refractivity contribution is 7.26. The zero-order valence-electron chi connectivity index (χ0n) is 69.3. The van der Waals surface area contributed by atoms with Crippen LogP contribution < -0.4 is 19.6 Å². The van der Waals surface area contributed by atoms with E-state index in [0.29, 0.717) is 0 Å². The number of benzene rings is 20. The van der Waals surface area contributed by atoms with Gasteiger partial charge in [-0.3, -0.25) is 0 Å². The van der Waals surface area contributed by atoms with Crippen molar-refractivity contribution in [1.29, 1.82) is 0 Å². The Kier molecular flexibility index (Phi) is 19.7. The second-order valence-electron chi connectivity index (χ2n) is 32.3. The number of nitrogens with zero attached hydrogens (tertiary/aromatic N) is 5. The first-order valence-corrected chi connectivity index (χ1v) is 43.8. The number of hydrogen-bond donors (Lipinski definition) is 0. The van der Waals surface area contributed by atoms with Gasteiger partial charge in [0.15, 0.2) is 0 Å². The highest BCUT2D eigenvalue weighted by Gasteiger charge is 2.28. The Morgan fingerprint density at radius 1 is 0.224 bits per heavy atom. The molecule has 0 N–H and O–H groups in total. The van der Waals surface area contributed by atoms with Gasteiger partial charge in [-0.2, -0.15) is 0 Å². The van der Waals surface area contributed by atoms with Crippen LogP contribution in [0.1, 0.15) is 33.7 Å². The molecule has 0 aliphatic heterocycles. The summed E-state index contributed by atoms with van der Waals surface area (Å²) < 4.78 is 4.92. The SMILES string of the molecule is Cc1cc(N(c2ccccc2)c2ccc(C(c3ccccc3)c3ccc(-c4ccc(-c5ccc(N(c6ccccc6)c6ccc(-c7ccc(-n8c9ccccc9c9ccccc98)cc7)cc6)cc5)c5sc6ccccc6c45)cc3)cc2)c2ccccc2c1-c1c(C)cc(N(c2ccccc2)c2ccc(N(c3ccccc3)c3ccccc3)cc2)c2ccccc12. The smallest absolute Gasteiger partial charge is 0.0543 e. The van der Waals surface area contributed by atoms with Crippen molar-refractivity contribution in [2.24, 2.45) is 0 Å². The molecule has 5 nitrogen and oxygen atoms in total. The quantitative estimate of drug-likeness (QED) is 0.0708. The van der Waals surface area contributed by atoms with Gasteiger partial charge in [0.25, 0.3) is 0 Å². The molecular formula is C119H85N5S. The van der Waals surface area contributed by atoms with E-state index in [1.54, 1.807) is 0 Å². The summed E-state index contributed by atoms with van der Waals surface area (Å²) >= 11 is 1.88. The van der Waals surface area contributed by atoms with E-state index in [0.717, 1.165) is 79.5 Å². The molecule has 1 unspecified atom stereocenters. The van der Waals surface area contributed by atoms with Gasteiger partial charge in [0.05, 0.1) is 22.4 Å². The van der Waals surface area contributed by atoms with E-state index in [-0.39, 0.29) is 5.92 Å². The molecule has 125 heavy (non-hydrogen) atoms. The fourth-order valence-electron chi connectivity index (χ4n) is 19.2. The molecule has 0 radical (unpaired) electrons. The van der Waals surface area contributed by atoms with Crippen LogP contribution in [0.15, 0.2) is 473 Å². The fourth-order valence-corrected chi connectivity index (χ4v) is 20.5. The molecule has 6 heteroatoms. The van der Waals surface area contributed by atoms with E-state index in [2.05, 4.69) is 511 Å². The molecule has 1 atom stereocenters. The van der Waals surface area contributed by atoms with Gasteiger partial charge >= 0.3 is 0 Å². The topological polar surface area (TPSA) is 17.9 Å². The predicted molar refractivity (Wildman–Crippen MR) is 532 cm³/mol. The van der Waals surface area contributed by atoms with E-state index in [9.17, 15) is 0 Å². The predicted octanol–water partition coefficient (Wildman–Crippen LogP) is 33.8. The monoisotopic (exact) mass is 1620 g/mol. The highest BCUT2D eigenvalue weighted by Crippen LogP contribution is 2.52. The van der Waals surface area contributed by atoms with Crippen LogP contribution in [-0.4, -0.2) is 4.57 Å². The first-order valence-electron chi connectivity index (χ1n) is 43.0. The molecular weight excluding hydrogens is 1530 g/mol. The average molecular weight is 1620 g/mol. The number of fused-ring (bicyclic) bond motifs is 8. The molecule has 0 aliphatic carbocycles. The maximum absolute atomic E-state index is 2.45. The summed E-state index contributed by atoms with van der Waals surface area (Å²) in [5, 5.41) is 9.79. The molecule has 0 amide bonds. The summed E-state index contributed by atoms with van der Waals surface area (Å²) in [5.41, 5.74) is 32.3. The lowest BCUT2D eigenvalue weighted by molar-refractivity contribution is 0.977. The van der Waals surface area contributed by atoms with Crippen molar-refractivity contribution in [3.8, 4) is 50.2 Å². The zero-order chi connectivity index (χ0) is 83.3. The van der Waals surface area contributed by atoms with Crippen LogP contribution in [-0.2, 0) is 0 Å². The minimum Gasteiger partial charge on any atom is -0.311 e. The van der Waals surface area contributed by atoms with Gasteiger partial charge in [-0.15, -0.1) is 11.3 Å². The third-order valence-electron chi connectivity index (χ3n) is 24.9. The Morgan fingerprint density at radius 3 is 0.952 bits per heavy atom. The van der Waals surface area contributed by atoms with Gasteiger partial charge < -0.3 is 24.2 Å². The standard InChI is InChI=1S/C119H85N5S/c1-81-79-112(105-45-21-23-47-107(105)115(81)116-82(2)80-113(106-46-22-24-48-108(106)116)123(94-41-19-8-20-42-94)99-75-73-97(74-76-99)120(90-33-11-4-12-34-90)91-35-13-5-14-36-91)122(93-39-17-7-18-40-93)98-71-63-89(64-72-98)117(87-31-9-3-10-32-87)88-55-53-85(54-56-88)101-77-78-102(119-118(101)109-49-27-30-52-114(109)125-119)86-61-69-96(70-62-86)121(92-37-15-6-16-38-92)95-65-57-83(58-66-95)84-59-67-100(68-60-84)124-110-50-28-25-43-103(110)104-44-26-29-51-111(104)124/h3-80,117H,1-2H3. The van der Waals surface area contributed by atoms with E-state index in [4.69, 9.17) is 0 Å². The Labute approximate surface area is 733 Å². The third-order valence-corrected chi connectivity index (χ3v) is 26.1. The Morgan fingerprint density at radius 2 is 0.512 bits per heavy atom. The van der Waals surface area contributed by atoms with E-state index in [1.807, 2.05) is 11.3 Å². The Bertz CT molecular complexity index is 7580. The van der Waals surface area contributed by atoms with Gasteiger partial charge in [-0.05, 0) is 261 Å². The second kappa shape index (κ2) is 32.6. The summed E-state index contributed by atoms with van der Waals surface area (Å²) in [4.78, 5) is 9.55. The third kappa shape index (κ3) is 13.9. The minimum atomic E-state index is -0.0420. The van der Waals surface area contributed by atoms with Crippen molar-refractivity contribution in [2.45, 2.75) is 19.8 Å². The molecule has 592 valence electrons. The molecule has 0 saturated carbocycles. The van der Waals surface area contributed by atoms with E-state index < -0.39 is 0 Å². The average Bonchev–Trinajstić information content (AvgIpc) is 1.73. The number of aryl methyl sites for hydroxylation is 2. The van der Waals surface area contributed by atoms with Crippen molar-refractivity contribution in [3.05, 3.63) is 501 Å². The lowest BCUT2D eigenvalue weighted by atomic mass is 9.84. The molecule has 2 heterocycles. The van der Waals surface area contributed by atoms with Gasteiger partial charge in [0.2, 0.25) is 0 Å². The summed E-state index contributed by atoms with van der Waals surface area (Å²) in [6, 6.07) is 173. The molecule has 0 saturated heterocycles. The van der Waals surface area contributed by atoms with Crippen molar-refractivity contribution in [3.63, 3.8) is 0 Å². The molecule has 0 bridgehead atoms. The maximum atomic E-state index is 2.45. The van der Waals surface area contributed by atoms with Crippen LogP contribution in [0.4, 0.5) is 68.2 Å². The van der Waals surface area contributed by atoms with Crippen LogP contribution in [0.5, 0.6) is 0 Å². The number of anilines is 12. The van der Waals surface area contributed by atoms with Gasteiger partial charge in [-0.25, -0.2) is 0 Å². The van der Waals surface area contributed by atoms with Crippen molar-refractivity contribution in [1.82, 2.24) is 4.57 Å². The number of aromatic nitrogens is 1. The van der Waals surface area contributed by atoms with Crippen LogP contribution in [0.25, 0.3) is 114 Å². The number of hydrogen-bond acceptors (Lipinski definition) is 5. The minimum absolute atomic E-state index is 0.0420. The number of thiophene rings is 1. The molecule has 0 fully saturated rings. The maximum Gasteiger partial charge on any atom is 0.0543 e. The molecule has 22 rings (SSSR count). The Hall–Kier alpha value is -15.9. The molecule has 2 aromatic heterocycles. The highest BCUT2D eigenvalue weighted by atomic mass is 32.1. The van der Waals surface area contributed by atoms with E-state index in [1.165, 1.54) is 130 Å². The zero-order valence-corrected chi connectivity index (χ0v) is 70.1. The summed E-state index contributed by atoms with van der Waals surface area (Å²) in [7, 11) is 0. The lowest BCUT2D eigenvalue weighted by Crippen LogP contribution is -2.13. The largest absolute Gasteiger partial charge is 0.311 e. The normalized spacial score (nSPS) is 11.7. The second-order valence-corrected chi connectivity index (χ2v) is 33.4. The summed E-state index contributed by atoms with van der Waals surface area (Å²) in [6.45, 7) is 4.60. The van der Waals surface area contributed by atoms with Crippen LogP contribution in [0.3, 0.4) is 0 Å². The fraction of sp³-hybridized carbons (Fsp3) is 0.0252. The molecule has 22 aromatic rings. The Balaban J connectivity index is 0.567. The van der Waals surface area contributed by atoms with Gasteiger partial charge in [-0.1, -0.05) is 309 Å². The van der Waals surface area contributed by atoms with Crippen LogP contribution in [0, 0.1) is 13.8 Å². The number of para-hydroxylation sites is 7. The molecule has 0 aliphatic rings. The molecule has 0 spiro atoms. The summed E-state index contributed by atoms with van der Waals surface area (Å²) in [5.74, 6) is -0.0420. The first kappa shape index (κ1) is 75.4. The first-order chi connectivity index (χ1) is 61.9. The van der Waals surface area contributed by atoms with Crippen molar-refractivity contribution >= 4 is 143 Å². The van der Waals surface area contributed by atoms with Gasteiger partial charge in [0, 0.05) is 110 Å². The van der Waals surface area contributed by atoms with Crippen molar-refractivity contribution < 1.29 is 0 Å².